The van der Waals surface area contributed by atoms with Gasteiger partial charge in [-0.1, -0.05) is 0 Å². The van der Waals surface area contributed by atoms with Gasteiger partial charge in [-0.25, -0.2) is 19.0 Å². The second-order valence-electron chi connectivity index (χ2n) is 5.83. The van der Waals surface area contributed by atoms with Crippen LogP contribution in [-0.2, 0) is 6.54 Å². The molecule has 3 aromatic heterocycles. The number of benzene rings is 1. The molecular formula is C18H16FN7. The van der Waals surface area contributed by atoms with Crippen LogP contribution in [0.25, 0.3) is 16.9 Å². The Hall–Kier alpha value is -3.55. The summed E-state index contributed by atoms with van der Waals surface area (Å²) < 4.78 is 14.8. The van der Waals surface area contributed by atoms with Crippen molar-refractivity contribution in [2.45, 2.75) is 6.54 Å². The number of rotatable bonds is 5. The number of aromatic amines is 1. The Kier molecular flexibility index (Phi) is 4.14. The lowest BCUT2D eigenvalue weighted by atomic mass is 10.2. The highest BCUT2D eigenvalue weighted by Crippen LogP contribution is 2.20. The van der Waals surface area contributed by atoms with Gasteiger partial charge < -0.3 is 4.90 Å². The fraction of sp³-hybridized carbons (Fsp3) is 0.111. The van der Waals surface area contributed by atoms with Gasteiger partial charge in [0, 0.05) is 31.2 Å². The van der Waals surface area contributed by atoms with E-state index in [-0.39, 0.29) is 5.82 Å². The Morgan fingerprint density at radius 2 is 1.96 bits per heavy atom. The Bertz CT molecular complexity index is 993. The number of nitrogens with zero attached hydrogens (tertiary/aromatic N) is 6. The summed E-state index contributed by atoms with van der Waals surface area (Å²) in [4.78, 5) is 10.9. The summed E-state index contributed by atoms with van der Waals surface area (Å²) in [7, 11) is 1.92. The van der Waals surface area contributed by atoms with E-state index in [0.29, 0.717) is 12.5 Å². The van der Waals surface area contributed by atoms with E-state index in [9.17, 15) is 4.39 Å². The molecule has 7 nitrogen and oxygen atoms in total. The van der Waals surface area contributed by atoms with Gasteiger partial charge in [0.25, 0.3) is 0 Å². The summed E-state index contributed by atoms with van der Waals surface area (Å²) in [6.07, 6.45) is 7.01. The van der Waals surface area contributed by atoms with Crippen LogP contribution in [0.4, 0.5) is 10.3 Å². The first-order chi connectivity index (χ1) is 12.7. The van der Waals surface area contributed by atoms with Crippen LogP contribution in [0, 0.1) is 5.82 Å². The van der Waals surface area contributed by atoms with Crippen LogP contribution < -0.4 is 4.90 Å². The first-order valence-corrected chi connectivity index (χ1v) is 8.02. The van der Waals surface area contributed by atoms with Gasteiger partial charge in [0.05, 0.1) is 29.8 Å². The molecule has 0 saturated carbocycles. The SMILES string of the molecule is CN(Cc1ccn[nH]1)c1nccc(-c2cnn(-c3ccc(F)cc3)c2)n1. The summed E-state index contributed by atoms with van der Waals surface area (Å²) >= 11 is 0. The zero-order valence-electron chi connectivity index (χ0n) is 14.0. The van der Waals surface area contributed by atoms with E-state index in [4.69, 9.17) is 0 Å². The zero-order chi connectivity index (χ0) is 17.9. The highest BCUT2D eigenvalue weighted by molar-refractivity contribution is 5.59. The van der Waals surface area contributed by atoms with Gasteiger partial charge >= 0.3 is 0 Å². The molecule has 0 radical (unpaired) electrons. The molecule has 1 aromatic carbocycles. The molecule has 3 heterocycles. The molecule has 0 bridgehead atoms. The minimum atomic E-state index is -0.276. The lowest BCUT2D eigenvalue weighted by Gasteiger charge is -2.16. The summed E-state index contributed by atoms with van der Waals surface area (Å²) in [6, 6.07) is 9.91. The van der Waals surface area contributed by atoms with Crippen molar-refractivity contribution >= 4 is 5.95 Å². The molecule has 26 heavy (non-hydrogen) atoms. The normalized spacial score (nSPS) is 10.8. The van der Waals surface area contributed by atoms with Gasteiger partial charge in [-0.05, 0) is 36.4 Å². The molecule has 130 valence electrons. The molecule has 0 saturated heterocycles. The molecular weight excluding hydrogens is 333 g/mol. The predicted octanol–water partition coefficient (Wildman–Crippen LogP) is 2.83. The lowest BCUT2D eigenvalue weighted by Crippen LogP contribution is -2.19. The fourth-order valence-electron chi connectivity index (χ4n) is 2.58. The van der Waals surface area contributed by atoms with E-state index >= 15 is 0 Å². The van der Waals surface area contributed by atoms with Gasteiger partial charge in [-0.2, -0.15) is 10.2 Å². The van der Waals surface area contributed by atoms with E-state index in [1.54, 1.807) is 35.4 Å². The lowest BCUT2D eigenvalue weighted by molar-refractivity contribution is 0.627. The van der Waals surface area contributed by atoms with Crippen LogP contribution in [0.5, 0.6) is 0 Å². The van der Waals surface area contributed by atoms with Gasteiger partial charge in [0.1, 0.15) is 5.82 Å². The average Bonchev–Trinajstić information content (AvgIpc) is 3.34. The van der Waals surface area contributed by atoms with Gasteiger partial charge in [0.15, 0.2) is 0 Å². The molecule has 8 heteroatoms. The summed E-state index contributed by atoms with van der Waals surface area (Å²) in [6.45, 7) is 0.623. The molecule has 0 unspecified atom stereocenters. The van der Waals surface area contributed by atoms with Crippen LogP contribution in [0.3, 0.4) is 0 Å². The van der Waals surface area contributed by atoms with Crippen molar-refractivity contribution in [3.63, 3.8) is 0 Å². The van der Waals surface area contributed by atoms with Gasteiger partial charge in [-0.3, -0.25) is 5.10 Å². The monoisotopic (exact) mass is 349 g/mol. The van der Waals surface area contributed by atoms with Crippen LogP contribution in [0.15, 0.2) is 61.2 Å². The van der Waals surface area contributed by atoms with Crippen molar-refractivity contribution in [3.8, 4) is 16.9 Å². The van der Waals surface area contributed by atoms with Crippen molar-refractivity contribution in [1.29, 1.82) is 0 Å². The molecule has 0 atom stereocenters. The van der Waals surface area contributed by atoms with Crippen molar-refractivity contribution in [2.75, 3.05) is 11.9 Å². The highest BCUT2D eigenvalue weighted by atomic mass is 19.1. The quantitative estimate of drug-likeness (QED) is 0.600. The number of H-pyrrole nitrogens is 1. The first-order valence-electron chi connectivity index (χ1n) is 8.02. The molecule has 4 aromatic rings. The maximum atomic E-state index is 13.1. The van der Waals surface area contributed by atoms with E-state index in [2.05, 4.69) is 25.3 Å². The molecule has 0 fully saturated rings. The number of aromatic nitrogens is 6. The van der Waals surface area contributed by atoms with E-state index in [0.717, 1.165) is 22.6 Å². The number of halogens is 1. The summed E-state index contributed by atoms with van der Waals surface area (Å²) in [5, 5.41) is 11.2. The van der Waals surface area contributed by atoms with Crippen molar-refractivity contribution in [3.05, 3.63) is 72.7 Å². The van der Waals surface area contributed by atoms with Crippen molar-refractivity contribution < 1.29 is 4.39 Å². The van der Waals surface area contributed by atoms with Crippen LogP contribution >= 0.6 is 0 Å². The molecule has 0 spiro atoms. The number of hydrogen-bond donors (Lipinski definition) is 1. The Labute approximate surface area is 149 Å². The third-order valence-corrected chi connectivity index (χ3v) is 3.92. The largest absolute Gasteiger partial charge is 0.338 e. The second-order valence-corrected chi connectivity index (χ2v) is 5.83. The number of anilines is 1. The molecule has 0 aliphatic carbocycles. The molecule has 4 rings (SSSR count). The second kappa shape index (κ2) is 6.75. The zero-order valence-corrected chi connectivity index (χ0v) is 14.0. The van der Waals surface area contributed by atoms with E-state index in [1.807, 2.05) is 30.3 Å². The maximum absolute atomic E-state index is 13.1. The first kappa shape index (κ1) is 15.9. The summed E-state index contributed by atoms with van der Waals surface area (Å²) in [5.74, 6) is 0.327. The third-order valence-electron chi connectivity index (χ3n) is 3.92. The molecule has 0 aliphatic heterocycles. The molecule has 0 aliphatic rings. The number of nitrogens with one attached hydrogen (secondary N) is 1. The Morgan fingerprint density at radius 1 is 1.12 bits per heavy atom. The third kappa shape index (κ3) is 3.30. The molecule has 1 N–H and O–H groups in total. The Balaban J connectivity index is 1.57. The molecule has 0 amide bonds. The van der Waals surface area contributed by atoms with Crippen molar-refractivity contribution in [1.82, 2.24) is 29.9 Å². The van der Waals surface area contributed by atoms with Gasteiger partial charge in [0.2, 0.25) is 5.95 Å². The van der Waals surface area contributed by atoms with Crippen LogP contribution in [-0.4, -0.2) is 37.0 Å². The smallest absolute Gasteiger partial charge is 0.225 e. The predicted molar refractivity (Wildman–Crippen MR) is 95.2 cm³/mol. The Morgan fingerprint density at radius 3 is 2.73 bits per heavy atom. The summed E-state index contributed by atoms with van der Waals surface area (Å²) in [5.41, 5.74) is 3.38. The van der Waals surface area contributed by atoms with Gasteiger partial charge in [-0.15, -0.1) is 0 Å². The number of hydrogen-bond acceptors (Lipinski definition) is 5. The fourth-order valence-corrected chi connectivity index (χ4v) is 2.58. The van der Waals surface area contributed by atoms with Crippen LogP contribution in [0.2, 0.25) is 0 Å². The van der Waals surface area contributed by atoms with E-state index < -0.39 is 0 Å². The minimum absolute atomic E-state index is 0.276. The van der Waals surface area contributed by atoms with Crippen LogP contribution in [0.1, 0.15) is 5.69 Å². The maximum Gasteiger partial charge on any atom is 0.225 e. The van der Waals surface area contributed by atoms with E-state index in [1.165, 1.54) is 12.1 Å². The standard InChI is InChI=1S/C18H16FN7/c1-25(12-15-6-9-21-24-15)18-20-8-7-17(23-18)13-10-22-26(11-13)16-4-2-14(19)3-5-16/h2-11H,12H2,1H3,(H,21,24). The highest BCUT2D eigenvalue weighted by Gasteiger charge is 2.10. The van der Waals surface area contributed by atoms with Crippen molar-refractivity contribution in [2.24, 2.45) is 0 Å². The topological polar surface area (TPSA) is 75.5 Å². The minimum Gasteiger partial charge on any atom is -0.338 e. The average molecular weight is 349 g/mol.